The van der Waals surface area contributed by atoms with E-state index in [0.29, 0.717) is 25.2 Å². The molecule has 0 saturated carbocycles. The molecule has 0 atom stereocenters. The maximum atomic E-state index is 13.5. The number of aryl methyl sites for hydroxylation is 2. The first-order valence-electron chi connectivity index (χ1n) is 10.7. The number of hydrogen-bond donors (Lipinski definition) is 0. The Morgan fingerprint density at radius 3 is 2.69 bits per heavy atom. The molecule has 164 valence electrons. The van der Waals surface area contributed by atoms with Crippen LogP contribution in [0.1, 0.15) is 28.0 Å². The van der Waals surface area contributed by atoms with Gasteiger partial charge in [0.15, 0.2) is 10.8 Å². The van der Waals surface area contributed by atoms with Gasteiger partial charge in [0.25, 0.3) is 5.91 Å². The summed E-state index contributed by atoms with van der Waals surface area (Å²) in [7, 11) is 0. The molecule has 5 rings (SSSR count). The van der Waals surface area contributed by atoms with Crippen LogP contribution < -0.4 is 4.90 Å². The summed E-state index contributed by atoms with van der Waals surface area (Å²) in [6, 6.07) is 14.1. The first-order chi connectivity index (χ1) is 15.5. The second kappa shape index (κ2) is 8.35. The number of halogens is 1. The van der Waals surface area contributed by atoms with Crippen LogP contribution in [0.3, 0.4) is 0 Å². The number of hydrogen-bond acceptors (Lipinski definition) is 5. The van der Waals surface area contributed by atoms with Crippen molar-refractivity contribution < 1.29 is 9.18 Å². The molecule has 0 aliphatic carbocycles. The summed E-state index contributed by atoms with van der Waals surface area (Å²) >= 11 is 1.65. The van der Waals surface area contributed by atoms with Crippen LogP contribution in [0.25, 0.3) is 16.0 Å². The van der Waals surface area contributed by atoms with Crippen molar-refractivity contribution in [3.05, 3.63) is 71.2 Å². The first-order valence-corrected chi connectivity index (χ1v) is 11.5. The highest BCUT2D eigenvalue weighted by molar-refractivity contribution is 7.22. The summed E-state index contributed by atoms with van der Waals surface area (Å²) in [5.41, 5.74) is 4.40. The third-order valence-electron chi connectivity index (χ3n) is 5.75. The fraction of sp³-hybridized carbons (Fsp3) is 0.292. The van der Waals surface area contributed by atoms with Gasteiger partial charge in [-0.1, -0.05) is 29.5 Å². The third kappa shape index (κ3) is 3.86. The number of thiazole rings is 1. The Morgan fingerprint density at radius 2 is 1.88 bits per heavy atom. The van der Waals surface area contributed by atoms with Crippen molar-refractivity contribution in [2.75, 3.05) is 31.1 Å². The lowest BCUT2D eigenvalue weighted by Crippen LogP contribution is -2.35. The second-order valence-corrected chi connectivity index (χ2v) is 9.11. The summed E-state index contributed by atoms with van der Waals surface area (Å²) in [6.45, 7) is 6.81. The molecule has 1 aliphatic rings. The van der Waals surface area contributed by atoms with Gasteiger partial charge in [-0.3, -0.25) is 4.79 Å². The van der Waals surface area contributed by atoms with Gasteiger partial charge in [0.05, 0.1) is 16.1 Å². The smallest absolute Gasteiger partial charge is 0.254 e. The number of rotatable bonds is 3. The van der Waals surface area contributed by atoms with E-state index in [9.17, 15) is 9.18 Å². The molecule has 1 amide bonds. The lowest BCUT2D eigenvalue weighted by atomic mass is 10.2. The molecule has 1 fully saturated rings. The topological polar surface area (TPSA) is 54.3 Å². The maximum absolute atomic E-state index is 13.5. The summed E-state index contributed by atoms with van der Waals surface area (Å²) in [5, 5.41) is 5.65. The Hall–Kier alpha value is -3.26. The summed E-state index contributed by atoms with van der Waals surface area (Å²) in [6.07, 6.45) is 0.833. The number of aromatic nitrogens is 3. The molecule has 0 bridgehead atoms. The lowest BCUT2D eigenvalue weighted by molar-refractivity contribution is 0.0766. The SMILES string of the molecule is Cc1cccc(-n2nc(C)c3sc(N4CCCN(C(=O)c5cccc(F)c5)CC4)nc32)c1. The highest BCUT2D eigenvalue weighted by Crippen LogP contribution is 2.33. The number of amides is 1. The van der Waals surface area contributed by atoms with Gasteiger partial charge in [0.2, 0.25) is 0 Å². The van der Waals surface area contributed by atoms with Crippen molar-refractivity contribution >= 4 is 32.7 Å². The molecule has 32 heavy (non-hydrogen) atoms. The molecular formula is C24H24FN5OS. The van der Waals surface area contributed by atoms with Gasteiger partial charge in [-0.05, 0) is 56.2 Å². The van der Waals surface area contributed by atoms with E-state index in [-0.39, 0.29) is 11.7 Å². The molecule has 0 unspecified atom stereocenters. The number of fused-ring (bicyclic) bond motifs is 1. The normalized spacial score (nSPS) is 14.7. The standard InChI is InChI=1S/C24H24FN5OS/c1-16-6-3-9-20(14-16)30-22-21(17(2)27-30)32-24(26-22)29-11-5-10-28(12-13-29)23(31)18-7-4-8-19(25)15-18/h3-4,6-9,14-15H,5,10-13H2,1-2H3. The Morgan fingerprint density at radius 1 is 1.03 bits per heavy atom. The van der Waals surface area contributed by atoms with Crippen LogP contribution in [0.2, 0.25) is 0 Å². The zero-order chi connectivity index (χ0) is 22.2. The fourth-order valence-electron chi connectivity index (χ4n) is 4.11. The Labute approximate surface area is 189 Å². The van der Waals surface area contributed by atoms with E-state index < -0.39 is 0 Å². The summed E-state index contributed by atoms with van der Waals surface area (Å²) in [4.78, 5) is 21.8. The van der Waals surface area contributed by atoms with Gasteiger partial charge < -0.3 is 9.80 Å². The minimum absolute atomic E-state index is 0.124. The van der Waals surface area contributed by atoms with Crippen LogP contribution in [0.15, 0.2) is 48.5 Å². The molecule has 4 aromatic rings. The van der Waals surface area contributed by atoms with Gasteiger partial charge in [0, 0.05) is 31.7 Å². The van der Waals surface area contributed by atoms with Crippen molar-refractivity contribution in [3.63, 3.8) is 0 Å². The molecule has 1 saturated heterocycles. The molecular weight excluding hydrogens is 425 g/mol. The highest BCUT2D eigenvalue weighted by atomic mass is 32.1. The van der Waals surface area contributed by atoms with Gasteiger partial charge in [0.1, 0.15) is 5.82 Å². The molecule has 6 nitrogen and oxygen atoms in total. The molecule has 1 aliphatic heterocycles. The third-order valence-corrected chi connectivity index (χ3v) is 6.96. The maximum Gasteiger partial charge on any atom is 0.254 e. The minimum atomic E-state index is -0.389. The van der Waals surface area contributed by atoms with Crippen molar-refractivity contribution in [2.24, 2.45) is 0 Å². The van der Waals surface area contributed by atoms with Crippen LogP contribution in [0, 0.1) is 19.7 Å². The summed E-state index contributed by atoms with van der Waals surface area (Å²) < 4.78 is 16.5. The van der Waals surface area contributed by atoms with Gasteiger partial charge in [-0.25, -0.2) is 9.07 Å². The molecule has 0 N–H and O–H groups in total. The van der Waals surface area contributed by atoms with Gasteiger partial charge >= 0.3 is 0 Å². The van der Waals surface area contributed by atoms with E-state index in [1.165, 1.54) is 17.7 Å². The van der Waals surface area contributed by atoms with E-state index in [1.807, 2.05) is 28.6 Å². The van der Waals surface area contributed by atoms with Gasteiger partial charge in [-0.15, -0.1) is 0 Å². The van der Waals surface area contributed by atoms with Crippen molar-refractivity contribution in [2.45, 2.75) is 20.3 Å². The number of anilines is 1. The Balaban J connectivity index is 1.38. The minimum Gasteiger partial charge on any atom is -0.346 e. The van der Waals surface area contributed by atoms with Crippen LogP contribution in [0.4, 0.5) is 9.52 Å². The summed E-state index contributed by atoms with van der Waals surface area (Å²) in [5.74, 6) is -0.513. The van der Waals surface area contributed by atoms with Crippen molar-refractivity contribution in [1.29, 1.82) is 0 Å². The van der Waals surface area contributed by atoms with Gasteiger partial charge in [-0.2, -0.15) is 10.1 Å². The monoisotopic (exact) mass is 449 g/mol. The van der Waals surface area contributed by atoms with Crippen molar-refractivity contribution in [1.82, 2.24) is 19.7 Å². The van der Waals surface area contributed by atoms with E-state index in [0.717, 1.165) is 39.8 Å². The van der Waals surface area contributed by atoms with Crippen LogP contribution in [-0.2, 0) is 0 Å². The zero-order valence-corrected chi connectivity index (χ0v) is 18.9. The fourth-order valence-corrected chi connectivity index (χ4v) is 5.15. The van der Waals surface area contributed by atoms with Crippen LogP contribution in [0.5, 0.6) is 0 Å². The number of carbonyl (C=O) groups excluding carboxylic acids is 1. The Kier molecular flexibility index (Phi) is 5.38. The predicted octanol–water partition coefficient (Wildman–Crippen LogP) is 4.59. The average molecular weight is 450 g/mol. The molecule has 2 aromatic carbocycles. The number of carbonyl (C=O) groups is 1. The quantitative estimate of drug-likeness (QED) is 0.459. The Bertz CT molecular complexity index is 1300. The lowest BCUT2D eigenvalue weighted by Gasteiger charge is -2.21. The van der Waals surface area contributed by atoms with Crippen molar-refractivity contribution in [3.8, 4) is 5.69 Å². The largest absolute Gasteiger partial charge is 0.346 e. The first kappa shape index (κ1) is 20.6. The second-order valence-electron chi connectivity index (χ2n) is 8.13. The van der Waals surface area contributed by atoms with E-state index in [1.54, 1.807) is 23.5 Å². The zero-order valence-electron chi connectivity index (χ0n) is 18.1. The molecule has 2 aromatic heterocycles. The molecule has 8 heteroatoms. The van der Waals surface area contributed by atoms with Crippen LogP contribution >= 0.6 is 11.3 Å². The molecule has 3 heterocycles. The molecule has 0 radical (unpaired) electrons. The average Bonchev–Trinajstić information content (AvgIpc) is 3.24. The highest BCUT2D eigenvalue weighted by Gasteiger charge is 2.24. The van der Waals surface area contributed by atoms with E-state index in [2.05, 4.69) is 24.0 Å². The number of nitrogens with zero attached hydrogens (tertiary/aromatic N) is 5. The van der Waals surface area contributed by atoms with E-state index >= 15 is 0 Å². The predicted molar refractivity (Wildman–Crippen MR) is 125 cm³/mol. The number of benzene rings is 2. The van der Waals surface area contributed by atoms with E-state index in [4.69, 9.17) is 10.1 Å². The van der Waals surface area contributed by atoms with Crippen LogP contribution in [-0.4, -0.2) is 51.8 Å². The molecule has 0 spiro atoms.